The van der Waals surface area contributed by atoms with Gasteiger partial charge in [-0.3, -0.25) is 5.41 Å². The van der Waals surface area contributed by atoms with Crippen molar-refractivity contribution in [3.05, 3.63) is 54.1 Å². The van der Waals surface area contributed by atoms with Crippen LogP contribution in [-0.4, -0.2) is 10.8 Å². The fourth-order valence-electron chi connectivity index (χ4n) is 2.42. The highest BCUT2D eigenvalue weighted by molar-refractivity contribution is 5.95. The second-order valence-corrected chi connectivity index (χ2v) is 5.31. The minimum Gasteiger partial charge on any atom is -0.355 e. The van der Waals surface area contributed by atoms with Crippen LogP contribution in [0, 0.1) is 5.41 Å². The number of aromatic nitrogens is 1. The van der Waals surface area contributed by atoms with E-state index in [0.29, 0.717) is 11.4 Å². The van der Waals surface area contributed by atoms with Crippen LogP contribution >= 0.6 is 0 Å². The van der Waals surface area contributed by atoms with E-state index in [-0.39, 0.29) is 0 Å². The van der Waals surface area contributed by atoms with E-state index >= 15 is 0 Å². The van der Waals surface area contributed by atoms with Crippen LogP contribution in [0.5, 0.6) is 0 Å². The van der Waals surface area contributed by atoms with Crippen LogP contribution in [0.2, 0.25) is 0 Å². The third kappa shape index (κ3) is 3.21. The maximum Gasteiger partial charge on any atom is 0.416 e. The monoisotopic (exact) mass is 317 g/mol. The van der Waals surface area contributed by atoms with Crippen LogP contribution < -0.4 is 5.32 Å². The first-order chi connectivity index (χ1) is 10.8. The van der Waals surface area contributed by atoms with Gasteiger partial charge in [-0.1, -0.05) is 12.1 Å². The lowest BCUT2D eigenvalue weighted by Crippen LogP contribution is -2.04. The summed E-state index contributed by atoms with van der Waals surface area (Å²) < 4.78 is 37.8. The minimum absolute atomic E-state index is 0.336. The molecule has 1 heterocycles. The van der Waals surface area contributed by atoms with E-state index < -0.39 is 11.7 Å². The molecule has 23 heavy (non-hydrogen) atoms. The number of amidine groups is 1. The van der Waals surface area contributed by atoms with Crippen molar-refractivity contribution in [2.45, 2.75) is 13.1 Å². The van der Waals surface area contributed by atoms with E-state index in [2.05, 4.69) is 10.3 Å². The predicted octanol–water partition coefficient (Wildman–Crippen LogP) is 5.26. The number of H-pyrrole nitrogens is 1. The number of hydrogen-bond acceptors (Lipinski definition) is 1. The molecular formula is C17H14F3N3. The zero-order valence-electron chi connectivity index (χ0n) is 12.3. The Hall–Kier alpha value is -2.76. The Bertz CT molecular complexity index is 861. The number of fused-ring (bicyclic) bond motifs is 1. The zero-order valence-corrected chi connectivity index (χ0v) is 12.3. The smallest absolute Gasteiger partial charge is 0.355 e. The predicted molar refractivity (Wildman–Crippen MR) is 85.8 cm³/mol. The molecule has 0 saturated heterocycles. The lowest BCUT2D eigenvalue weighted by Gasteiger charge is -2.06. The molecule has 0 unspecified atom stereocenters. The molecule has 3 nitrogen and oxygen atoms in total. The summed E-state index contributed by atoms with van der Waals surface area (Å²) in [5.74, 6) is 0.336. The van der Waals surface area contributed by atoms with E-state index in [1.165, 1.54) is 12.1 Å². The topological polar surface area (TPSA) is 51.7 Å². The molecule has 0 atom stereocenters. The standard InChI is InChI=1S/C17H14F3N3/c1-10(21)22-14-6-7-15-12(8-14)9-16(23-15)11-2-4-13(5-3-11)17(18,19)20/h2-9,23H,1H3,(H2,21,22). The van der Waals surface area contributed by atoms with E-state index in [4.69, 9.17) is 5.41 Å². The van der Waals surface area contributed by atoms with E-state index in [0.717, 1.165) is 34.4 Å². The number of alkyl halides is 3. The Morgan fingerprint density at radius 2 is 1.74 bits per heavy atom. The van der Waals surface area contributed by atoms with Crippen molar-refractivity contribution in [2.75, 3.05) is 5.32 Å². The summed E-state index contributed by atoms with van der Waals surface area (Å²) in [6, 6.07) is 12.5. The number of rotatable bonds is 2. The molecule has 0 saturated carbocycles. The fourth-order valence-corrected chi connectivity index (χ4v) is 2.42. The number of halogens is 3. The lowest BCUT2D eigenvalue weighted by atomic mass is 10.1. The van der Waals surface area contributed by atoms with E-state index in [9.17, 15) is 13.2 Å². The van der Waals surface area contributed by atoms with Gasteiger partial charge in [0, 0.05) is 22.3 Å². The van der Waals surface area contributed by atoms with Crippen molar-refractivity contribution in [3.8, 4) is 11.3 Å². The summed E-state index contributed by atoms with van der Waals surface area (Å²) in [6.45, 7) is 1.65. The third-order valence-electron chi connectivity index (χ3n) is 3.48. The highest BCUT2D eigenvalue weighted by atomic mass is 19.4. The quantitative estimate of drug-likeness (QED) is 0.438. The molecule has 6 heteroatoms. The van der Waals surface area contributed by atoms with Gasteiger partial charge in [0.05, 0.1) is 11.4 Å². The summed E-state index contributed by atoms with van der Waals surface area (Å²) >= 11 is 0. The molecule has 0 amide bonds. The van der Waals surface area contributed by atoms with E-state index in [1.54, 1.807) is 6.92 Å². The highest BCUT2D eigenvalue weighted by Gasteiger charge is 2.29. The molecule has 3 N–H and O–H groups in total. The lowest BCUT2D eigenvalue weighted by molar-refractivity contribution is -0.137. The molecule has 2 aromatic carbocycles. The molecule has 3 rings (SSSR count). The second kappa shape index (κ2) is 5.46. The van der Waals surface area contributed by atoms with Gasteiger partial charge in [0.25, 0.3) is 0 Å². The minimum atomic E-state index is -4.33. The summed E-state index contributed by atoms with van der Waals surface area (Å²) in [4.78, 5) is 3.19. The molecule has 0 aliphatic heterocycles. The van der Waals surface area contributed by atoms with Crippen LogP contribution in [0.3, 0.4) is 0 Å². The van der Waals surface area contributed by atoms with Crippen molar-refractivity contribution < 1.29 is 13.2 Å². The number of benzene rings is 2. The Balaban J connectivity index is 1.95. The first-order valence-electron chi connectivity index (χ1n) is 6.95. The van der Waals surface area contributed by atoms with Crippen LogP contribution in [0.4, 0.5) is 18.9 Å². The molecule has 0 aliphatic rings. The van der Waals surface area contributed by atoms with Gasteiger partial charge in [-0.25, -0.2) is 0 Å². The van der Waals surface area contributed by atoms with Gasteiger partial charge in [-0.15, -0.1) is 0 Å². The van der Waals surface area contributed by atoms with Crippen LogP contribution in [-0.2, 0) is 6.18 Å². The molecule has 0 radical (unpaired) electrons. The summed E-state index contributed by atoms with van der Waals surface area (Å²) in [6.07, 6.45) is -4.33. The molecule has 0 bridgehead atoms. The molecular weight excluding hydrogens is 303 g/mol. The summed E-state index contributed by atoms with van der Waals surface area (Å²) in [7, 11) is 0. The highest BCUT2D eigenvalue weighted by Crippen LogP contribution is 2.32. The normalized spacial score (nSPS) is 11.7. The number of nitrogens with one attached hydrogen (secondary N) is 3. The Kier molecular flexibility index (Phi) is 3.60. The van der Waals surface area contributed by atoms with E-state index in [1.807, 2.05) is 24.3 Å². The van der Waals surface area contributed by atoms with Gasteiger partial charge in [0.15, 0.2) is 0 Å². The maximum absolute atomic E-state index is 12.6. The fraction of sp³-hybridized carbons (Fsp3) is 0.118. The molecule has 0 aliphatic carbocycles. The van der Waals surface area contributed by atoms with Gasteiger partial charge in [0.1, 0.15) is 0 Å². The molecule has 118 valence electrons. The van der Waals surface area contributed by atoms with Crippen LogP contribution in [0.1, 0.15) is 12.5 Å². The number of hydrogen-bond donors (Lipinski definition) is 3. The number of aromatic amines is 1. The first kappa shape index (κ1) is 15.1. The maximum atomic E-state index is 12.6. The van der Waals surface area contributed by atoms with Gasteiger partial charge in [0.2, 0.25) is 0 Å². The Morgan fingerprint density at radius 3 is 2.35 bits per heavy atom. The van der Waals surface area contributed by atoms with Crippen molar-refractivity contribution in [1.82, 2.24) is 4.98 Å². The number of anilines is 1. The molecule has 0 spiro atoms. The largest absolute Gasteiger partial charge is 0.416 e. The van der Waals surface area contributed by atoms with Gasteiger partial charge in [-0.2, -0.15) is 13.2 Å². The first-order valence-corrected chi connectivity index (χ1v) is 6.95. The molecule has 0 fully saturated rings. The third-order valence-corrected chi connectivity index (χ3v) is 3.48. The average molecular weight is 317 g/mol. The van der Waals surface area contributed by atoms with Crippen molar-refractivity contribution in [2.24, 2.45) is 0 Å². The van der Waals surface area contributed by atoms with Crippen molar-refractivity contribution >= 4 is 22.4 Å². The molecule has 1 aromatic heterocycles. The Labute approximate surface area is 130 Å². The van der Waals surface area contributed by atoms with Crippen LogP contribution in [0.25, 0.3) is 22.2 Å². The zero-order chi connectivity index (χ0) is 16.6. The average Bonchev–Trinajstić information content (AvgIpc) is 2.89. The van der Waals surface area contributed by atoms with Gasteiger partial charge < -0.3 is 10.3 Å². The van der Waals surface area contributed by atoms with Crippen molar-refractivity contribution in [3.63, 3.8) is 0 Å². The molecule has 3 aromatic rings. The Morgan fingerprint density at radius 1 is 1.04 bits per heavy atom. The van der Waals surface area contributed by atoms with Gasteiger partial charge >= 0.3 is 6.18 Å². The summed E-state index contributed by atoms with van der Waals surface area (Å²) in [5.41, 5.74) is 2.45. The van der Waals surface area contributed by atoms with Crippen molar-refractivity contribution in [1.29, 1.82) is 5.41 Å². The van der Waals surface area contributed by atoms with Crippen LogP contribution in [0.15, 0.2) is 48.5 Å². The van der Waals surface area contributed by atoms with Gasteiger partial charge in [-0.05, 0) is 48.9 Å². The SMILES string of the molecule is CC(=N)Nc1ccc2[nH]c(-c3ccc(C(F)(F)F)cc3)cc2c1. The summed E-state index contributed by atoms with van der Waals surface area (Å²) in [5, 5.41) is 11.3. The second-order valence-electron chi connectivity index (χ2n) is 5.31.